The van der Waals surface area contributed by atoms with Crippen molar-refractivity contribution >= 4 is 57.8 Å². The maximum Gasteiger partial charge on any atom is 0.252 e. The Balaban J connectivity index is 2.00. The fourth-order valence-corrected chi connectivity index (χ4v) is 3.41. The van der Waals surface area contributed by atoms with E-state index >= 15 is 0 Å². The summed E-state index contributed by atoms with van der Waals surface area (Å²) in [5, 5.41) is -0.964. The molecule has 0 aliphatic carbocycles. The number of hydrogen-bond acceptors (Lipinski definition) is 5. The molecule has 0 spiro atoms. The van der Waals surface area contributed by atoms with Gasteiger partial charge in [-0.25, -0.2) is 3.63 Å². The first kappa shape index (κ1) is 18.4. The summed E-state index contributed by atoms with van der Waals surface area (Å²) in [7, 11) is 0. The van der Waals surface area contributed by atoms with E-state index in [1.165, 1.54) is 24.1 Å². The largest absolute Gasteiger partial charge is 0.276 e. The van der Waals surface area contributed by atoms with Crippen LogP contribution in [0.3, 0.4) is 0 Å². The lowest BCUT2D eigenvalue weighted by atomic mass is 10.1. The average Bonchev–Trinajstić information content (AvgIpc) is 2.49. The molecular weight excluding hydrogens is 375 g/mol. The Bertz CT molecular complexity index is 699. The van der Waals surface area contributed by atoms with Crippen LogP contribution in [0, 0.1) is 13.8 Å². The molecule has 0 N–H and O–H groups in total. The highest BCUT2D eigenvalue weighted by Gasteiger charge is 2.09. The number of halogens is 2. The van der Waals surface area contributed by atoms with E-state index < -0.39 is 10.5 Å². The second-order valence-corrected chi connectivity index (χ2v) is 7.19. The van der Waals surface area contributed by atoms with Crippen LogP contribution in [0.15, 0.2) is 46.2 Å². The van der Waals surface area contributed by atoms with Crippen LogP contribution < -0.4 is 0 Å². The topological polar surface area (TPSA) is 43.4 Å². The van der Waals surface area contributed by atoms with Gasteiger partial charge in [0.05, 0.1) is 0 Å². The lowest BCUT2D eigenvalue weighted by molar-refractivity contribution is 0.107. The van der Waals surface area contributed by atoms with Crippen molar-refractivity contribution in [3.05, 3.63) is 58.7 Å². The molecule has 0 radical (unpaired) electrons. The van der Waals surface area contributed by atoms with Gasteiger partial charge in [0.1, 0.15) is 0 Å². The van der Waals surface area contributed by atoms with Crippen molar-refractivity contribution in [1.82, 2.24) is 0 Å². The molecule has 0 unspecified atom stereocenters. The van der Waals surface area contributed by atoms with E-state index in [1.807, 2.05) is 13.8 Å². The van der Waals surface area contributed by atoms with E-state index in [1.54, 1.807) is 36.4 Å². The molecule has 0 atom stereocenters. The van der Waals surface area contributed by atoms with Crippen LogP contribution in [0.2, 0.25) is 0 Å². The standard InChI is InChI=1S/C16H12Cl2O3S2/c1-9-7-11(15(17)19)3-5-13(9)22-21-23-14-6-4-12(16(18)20)8-10(14)2/h3-8H,1-2H3. The number of rotatable bonds is 6. The van der Waals surface area contributed by atoms with Gasteiger partial charge in [0, 0.05) is 45.0 Å². The molecule has 0 amide bonds. The van der Waals surface area contributed by atoms with Gasteiger partial charge in [-0.2, -0.15) is 0 Å². The average molecular weight is 387 g/mol. The Labute approximate surface area is 153 Å². The van der Waals surface area contributed by atoms with Crippen molar-refractivity contribution in [1.29, 1.82) is 0 Å². The summed E-state index contributed by atoms with van der Waals surface area (Å²) in [5.74, 6) is 0. The number of carbonyl (C=O) groups excluding carboxylic acids is 2. The molecule has 120 valence electrons. The first-order chi connectivity index (χ1) is 10.9. The zero-order chi connectivity index (χ0) is 17.0. The zero-order valence-corrected chi connectivity index (χ0v) is 15.4. The zero-order valence-electron chi connectivity index (χ0n) is 12.3. The number of aryl methyl sites for hydroxylation is 2. The molecule has 0 aliphatic rings. The van der Waals surface area contributed by atoms with Gasteiger partial charge >= 0.3 is 0 Å². The summed E-state index contributed by atoms with van der Waals surface area (Å²) < 4.78 is 5.57. The molecule has 0 bridgehead atoms. The van der Waals surface area contributed by atoms with Gasteiger partial charge in [0.15, 0.2) is 0 Å². The normalized spacial score (nSPS) is 10.6. The minimum Gasteiger partial charge on any atom is -0.276 e. The van der Waals surface area contributed by atoms with Crippen LogP contribution >= 0.6 is 47.3 Å². The summed E-state index contributed by atoms with van der Waals surface area (Å²) in [6.45, 7) is 3.76. The number of benzene rings is 2. The molecule has 23 heavy (non-hydrogen) atoms. The quantitative estimate of drug-likeness (QED) is 0.464. The third kappa shape index (κ3) is 4.99. The molecule has 2 rings (SSSR count). The molecular formula is C16H12Cl2O3S2. The molecule has 0 aromatic heterocycles. The van der Waals surface area contributed by atoms with Gasteiger partial charge in [0.2, 0.25) is 0 Å². The summed E-state index contributed by atoms with van der Waals surface area (Å²) >= 11 is 13.3. The van der Waals surface area contributed by atoms with E-state index in [0.717, 1.165) is 20.9 Å². The number of hydrogen-bond donors (Lipinski definition) is 0. The second-order valence-electron chi connectivity index (χ2n) is 4.74. The lowest BCUT2D eigenvalue weighted by Gasteiger charge is -2.08. The first-order valence-corrected chi connectivity index (χ1v) is 8.74. The predicted molar refractivity (Wildman–Crippen MR) is 95.5 cm³/mol. The fraction of sp³-hybridized carbons (Fsp3) is 0.125. The third-order valence-corrected chi connectivity index (χ3v) is 5.31. The maximum atomic E-state index is 11.1. The fourth-order valence-electron chi connectivity index (χ4n) is 1.82. The van der Waals surface area contributed by atoms with Crippen LogP contribution in [0.5, 0.6) is 0 Å². The van der Waals surface area contributed by atoms with Gasteiger partial charge in [0.25, 0.3) is 10.5 Å². The molecule has 0 aliphatic heterocycles. The van der Waals surface area contributed by atoms with Crippen LogP contribution in [0.4, 0.5) is 0 Å². The van der Waals surface area contributed by atoms with Crippen molar-refractivity contribution in [2.75, 3.05) is 0 Å². The van der Waals surface area contributed by atoms with Crippen molar-refractivity contribution < 1.29 is 13.2 Å². The Morgan fingerprint density at radius 1 is 0.826 bits per heavy atom. The van der Waals surface area contributed by atoms with Crippen LogP contribution in [0.25, 0.3) is 0 Å². The number of carbonyl (C=O) groups is 2. The molecule has 2 aromatic carbocycles. The SMILES string of the molecule is Cc1cc(C(=O)Cl)ccc1SOSc1ccc(C(=O)Cl)cc1C. The lowest BCUT2D eigenvalue weighted by Crippen LogP contribution is -1.91. The predicted octanol–water partition coefficient (Wildman–Crippen LogP) is 5.79. The van der Waals surface area contributed by atoms with Gasteiger partial charge in [-0.3, -0.25) is 9.59 Å². The molecule has 0 saturated carbocycles. The van der Waals surface area contributed by atoms with Crippen molar-refractivity contribution in [3.63, 3.8) is 0 Å². The Kier molecular flexibility index (Phi) is 6.56. The molecule has 0 saturated heterocycles. The Morgan fingerprint density at radius 3 is 1.52 bits per heavy atom. The van der Waals surface area contributed by atoms with Crippen molar-refractivity contribution in [2.45, 2.75) is 23.6 Å². The summed E-state index contributed by atoms with van der Waals surface area (Å²) in [6.07, 6.45) is 0. The van der Waals surface area contributed by atoms with E-state index in [4.69, 9.17) is 26.8 Å². The second kappa shape index (κ2) is 8.22. The summed E-state index contributed by atoms with van der Waals surface area (Å²) in [6, 6.07) is 10.3. The van der Waals surface area contributed by atoms with Crippen LogP contribution in [-0.2, 0) is 3.63 Å². The van der Waals surface area contributed by atoms with E-state index in [2.05, 4.69) is 0 Å². The van der Waals surface area contributed by atoms with Crippen molar-refractivity contribution in [3.8, 4) is 0 Å². The van der Waals surface area contributed by atoms with Gasteiger partial charge in [-0.1, -0.05) is 0 Å². The highest BCUT2D eigenvalue weighted by atomic mass is 35.5. The Morgan fingerprint density at radius 2 is 1.22 bits per heavy atom. The minimum atomic E-state index is -0.482. The molecule has 2 aromatic rings. The van der Waals surface area contributed by atoms with Gasteiger partial charge < -0.3 is 0 Å². The van der Waals surface area contributed by atoms with Crippen molar-refractivity contribution in [2.24, 2.45) is 0 Å². The summed E-state index contributed by atoms with van der Waals surface area (Å²) in [4.78, 5) is 24.0. The third-order valence-electron chi connectivity index (χ3n) is 3.05. The molecule has 3 nitrogen and oxygen atoms in total. The van der Waals surface area contributed by atoms with Gasteiger partial charge in [-0.15, -0.1) is 0 Å². The van der Waals surface area contributed by atoms with E-state index in [0.29, 0.717) is 11.1 Å². The highest BCUT2D eigenvalue weighted by Crippen LogP contribution is 2.33. The monoisotopic (exact) mass is 386 g/mol. The molecule has 7 heteroatoms. The Hall–Kier alpha value is -0.980. The summed E-state index contributed by atoms with van der Waals surface area (Å²) in [5.41, 5.74) is 2.72. The van der Waals surface area contributed by atoms with E-state index in [9.17, 15) is 9.59 Å². The smallest absolute Gasteiger partial charge is 0.252 e. The minimum absolute atomic E-state index is 0.457. The highest BCUT2D eigenvalue weighted by molar-refractivity contribution is 8.08. The first-order valence-electron chi connectivity index (χ1n) is 6.50. The molecule has 0 heterocycles. The van der Waals surface area contributed by atoms with Crippen LogP contribution in [-0.4, -0.2) is 10.5 Å². The maximum absolute atomic E-state index is 11.1. The van der Waals surface area contributed by atoms with Crippen LogP contribution in [0.1, 0.15) is 31.8 Å². The molecule has 0 fully saturated rings. The van der Waals surface area contributed by atoms with Gasteiger partial charge in [-0.05, 0) is 84.6 Å². The van der Waals surface area contributed by atoms with E-state index in [-0.39, 0.29) is 0 Å².